The lowest BCUT2D eigenvalue weighted by Gasteiger charge is -2.19. The van der Waals surface area contributed by atoms with E-state index in [1.165, 1.54) is 0 Å². The fourth-order valence-corrected chi connectivity index (χ4v) is 2.05. The Balaban J connectivity index is 2.04. The van der Waals surface area contributed by atoms with Gasteiger partial charge in [-0.2, -0.15) is 0 Å². The molecule has 2 rings (SSSR count). The summed E-state index contributed by atoms with van der Waals surface area (Å²) in [6, 6.07) is 7.97. The van der Waals surface area contributed by atoms with Gasteiger partial charge in [-0.3, -0.25) is 9.88 Å². The van der Waals surface area contributed by atoms with E-state index in [-0.39, 0.29) is 0 Å². The van der Waals surface area contributed by atoms with Crippen LogP contribution in [0.3, 0.4) is 0 Å². The minimum Gasteiger partial charge on any atom is -0.292 e. The first-order chi connectivity index (χ1) is 9.17. The van der Waals surface area contributed by atoms with Gasteiger partial charge >= 0.3 is 0 Å². The highest BCUT2D eigenvalue weighted by Crippen LogP contribution is 2.08. The van der Waals surface area contributed by atoms with Crippen molar-refractivity contribution in [1.82, 2.24) is 19.9 Å². The highest BCUT2D eigenvalue weighted by molar-refractivity contribution is 6.28. The number of pyridine rings is 1. The molecule has 0 aliphatic carbocycles. The molecule has 0 fully saturated rings. The Morgan fingerprint density at radius 1 is 1.11 bits per heavy atom. The summed E-state index contributed by atoms with van der Waals surface area (Å²) in [5, 5.41) is 0.294. The van der Waals surface area contributed by atoms with E-state index in [1.807, 2.05) is 31.2 Å². The molecule has 2 aromatic heterocycles. The zero-order valence-corrected chi connectivity index (χ0v) is 11.9. The van der Waals surface area contributed by atoms with Crippen molar-refractivity contribution in [3.8, 4) is 0 Å². The Labute approximate surface area is 118 Å². The van der Waals surface area contributed by atoms with Gasteiger partial charge in [0.05, 0.1) is 11.4 Å². The maximum Gasteiger partial charge on any atom is 0.222 e. The van der Waals surface area contributed by atoms with Crippen LogP contribution in [0, 0.1) is 6.92 Å². The summed E-state index contributed by atoms with van der Waals surface area (Å²) in [5.74, 6) is 0. The van der Waals surface area contributed by atoms with Gasteiger partial charge in [0, 0.05) is 25.0 Å². The summed E-state index contributed by atoms with van der Waals surface area (Å²) < 4.78 is 0. The average Bonchev–Trinajstić information content (AvgIpc) is 2.38. The third-order valence-electron chi connectivity index (χ3n) is 2.85. The Morgan fingerprint density at radius 2 is 1.84 bits per heavy atom. The lowest BCUT2D eigenvalue weighted by molar-refractivity contribution is 0.264. The number of halogens is 1. The summed E-state index contributed by atoms with van der Waals surface area (Å²) in [5.41, 5.74) is 3.04. The maximum absolute atomic E-state index is 5.80. The van der Waals surface area contributed by atoms with E-state index >= 15 is 0 Å². The number of nitrogens with zero attached hydrogens (tertiary/aromatic N) is 4. The molecule has 2 aromatic rings. The Hall–Kier alpha value is -1.52. The molecule has 0 radical (unpaired) electrons. The molecule has 0 bridgehead atoms. The second-order valence-electron chi connectivity index (χ2n) is 4.39. The molecule has 19 heavy (non-hydrogen) atoms. The first-order valence-electron chi connectivity index (χ1n) is 6.29. The summed E-state index contributed by atoms with van der Waals surface area (Å²) in [6.45, 7) is 6.61. The number of hydrogen-bond donors (Lipinski definition) is 0. The molecule has 0 atom stereocenters. The average molecular weight is 277 g/mol. The summed E-state index contributed by atoms with van der Waals surface area (Å²) in [4.78, 5) is 14.9. The van der Waals surface area contributed by atoms with Gasteiger partial charge in [-0.1, -0.05) is 13.0 Å². The summed E-state index contributed by atoms with van der Waals surface area (Å²) >= 11 is 5.80. The van der Waals surface area contributed by atoms with Crippen molar-refractivity contribution in [2.24, 2.45) is 0 Å². The molecule has 5 heteroatoms. The Bertz CT molecular complexity index is 497. The topological polar surface area (TPSA) is 41.9 Å². The van der Waals surface area contributed by atoms with Gasteiger partial charge in [0.25, 0.3) is 0 Å². The lowest BCUT2D eigenvalue weighted by atomic mass is 10.3. The normalized spacial score (nSPS) is 10.9. The lowest BCUT2D eigenvalue weighted by Crippen LogP contribution is -2.23. The molecular formula is C14H17ClN4. The van der Waals surface area contributed by atoms with Crippen molar-refractivity contribution in [1.29, 1.82) is 0 Å². The van der Waals surface area contributed by atoms with Crippen molar-refractivity contribution in [3.63, 3.8) is 0 Å². The van der Waals surface area contributed by atoms with Gasteiger partial charge in [0.2, 0.25) is 5.28 Å². The van der Waals surface area contributed by atoms with Crippen molar-refractivity contribution in [2.75, 3.05) is 6.54 Å². The molecule has 0 N–H and O–H groups in total. The molecule has 0 aliphatic heterocycles. The van der Waals surface area contributed by atoms with E-state index in [4.69, 9.17) is 11.6 Å². The molecule has 100 valence electrons. The van der Waals surface area contributed by atoms with Crippen molar-refractivity contribution >= 4 is 11.6 Å². The van der Waals surface area contributed by atoms with Crippen LogP contribution in [0.2, 0.25) is 5.28 Å². The van der Waals surface area contributed by atoms with Gasteiger partial charge in [0.15, 0.2) is 0 Å². The van der Waals surface area contributed by atoms with Crippen LogP contribution in [-0.2, 0) is 13.1 Å². The molecule has 0 aromatic carbocycles. The first-order valence-corrected chi connectivity index (χ1v) is 6.67. The molecule has 0 spiro atoms. The van der Waals surface area contributed by atoms with E-state index in [1.54, 1.807) is 6.20 Å². The third kappa shape index (κ3) is 4.26. The van der Waals surface area contributed by atoms with Gasteiger partial charge in [0.1, 0.15) is 0 Å². The summed E-state index contributed by atoms with van der Waals surface area (Å²) in [6.07, 6.45) is 1.68. The van der Waals surface area contributed by atoms with Gasteiger partial charge in [-0.05, 0) is 43.3 Å². The number of rotatable bonds is 5. The van der Waals surface area contributed by atoms with Crippen LogP contribution in [0.15, 0.2) is 30.5 Å². The van der Waals surface area contributed by atoms with Gasteiger partial charge in [-0.15, -0.1) is 0 Å². The fraction of sp³-hybridized carbons (Fsp3) is 0.357. The Kier molecular flexibility index (Phi) is 4.82. The largest absolute Gasteiger partial charge is 0.292 e. The molecule has 0 amide bonds. The van der Waals surface area contributed by atoms with E-state index < -0.39 is 0 Å². The molecule has 0 aliphatic rings. The van der Waals surface area contributed by atoms with E-state index in [9.17, 15) is 0 Å². The number of aryl methyl sites for hydroxylation is 1. The minimum atomic E-state index is 0.294. The third-order valence-corrected chi connectivity index (χ3v) is 3.03. The quantitative estimate of drug-likeness (QED) is 0.788. The number of hydrogen-bond acceptors (Lipinski definition) is 4. The molecule has 0 saturated carbocycles. The number of aromatic nitrogens is 3. The fourth-order valence-electron chi connectivity index (χ4n) is 1.88. The molecule has 2 heterocycles. The summed E-state index contributed by atoms with van der Waals surface area (Å²) in [7, 11) is 0. The highest BCUT2D eigenvalue weighted by Gasteiger charge is 2.07. The first kappa shape index (κ1) is 13.9. The molecule has 0 unspecified atom stereocenters. The van der Waals surface area contributed by atoms with Gasteiger partial charge in [-0.25, -0.2) is 9.97 Å². The van der Waals surface area contributed by atoms with Gasteiger partial charge < -0.3 is 0 Å². The smallest absolute Gasteiger partial charge is 0.222 e. The van der Waals surface area contributed by atoms with E-state index in [0.717, 1.165) is 36.7 Å². The van der Waals surface area contributed by atoms with Crippen LogP contribution in [-0.4, -0.2) is 26.4 Å². The van der Waals surface area contributed by atoms with Crippen LogP contribution < -0.4 is 0 Å². The van der Waals surface area contributed by atoms with Crippen molar-refractivity contribution in [2.45, 2.75) is 26.9 Å². The van der Waals surface area contributed by atoms with Crippen LogP contribution in [0.4, 0.5) is 0 Å². The second kappa shape index (κ2) is 6.59. The predicted octanol–water partition coefficient (Wildman–Crippen LogP) is 2.86. The molecule has 0 saturated heterocycles. The molecular weight excluding hydrogens is 260 g/mol. The van der Waals surface area contributed by atoms with E-state index in [2.05, 4.69) is 26.8 Å². The maximum atomic E-state index is 5.80. The second-order valence-corrected chi connectivity index (χ2v) is 4.73. The van der Waals surface area contributed by atoms with Crippen molar-refractivity contribution in [3.05, 3.63) is 52.8 Å². The van der Waals surface area contributed by atoms with E-state index in [0.29, 0.717) is 5.28 Å². The molecule has 4 nitrogen and oxygen atoms in total. The Morgan fingerprint density at radius 3 is 2.47 bits per heavy atom. The van der Waals surface area contributed by atoms with Crippen LogP contribution in [0.1, 0.15) is 24.0 Å². The van der Waals surface area contributed by atoms with Crippen molar-refractivity contribution < 1.29 is 0 Å². The predicted molar refractivity (Wildman–Crippen MR) is 75.8 cm³/mol. The standard InChI is InChI=1S/C14H17ClN4/c1-3-19(9-12-6-4-5-11(2)17-12)10-13-7-8-16-14(15)18-13/h4-8H,3,9-10H2,1-2H3. The SMILES string of the molecule is CCN(Cc1cccc(C)n1)Cc1ccnc(Cl)n1. The minimum absolute atomic E-state index is 0.294. The highest BCUT2D eigenvalue weighted by atomic mass is 35.5. The zero-order chi connectivity index (χ0) is 13.7. The van der Waals surface area contributed by atoms with Crippen LogP contribution in [0.25, 0.3) is 0 Å². The van der Waals surface area contributed by atoms with Crippen LogP contribution in [0.5, 0.6) is 0 Å². The zero-order valence-electron chi connectivity index (χ0n) is 11.2. The van der Waals surface area contributed by atoms with Crippen LogP contribution >= 0.6 is 11.6 Å². The monoisotopic (exact) mass is 276 g/mol.